The van der Waals surface area contributed by atoms with E-state index in [2.05, 4.69) is 45.6 Å². The molecule has 4 heterocycles. The van der Waals surface area contributed by atoms with Gasteiger partial charge < -0.3 is 64.3 Å². The molecule has 33 heteroatoms. The topological polar surface area (TPSA) is 452 Å². The molecule has 1 amide bonds. The second kappa shape index (κ2) is 44.5. The third-order valence-electron chi connectivity index (χ3n) is 15.6. The molecule has 8 N–H and O–H groups in total. The van der Waals surface area contributed by atoms with Gasteiger partial charge in [0.25, 0.3) is 5.91 Å². The van der Waals surface area contributed by atoms with Crippen molar-refractivity contribution in [3.63, 3.8) is 0 Å². The highest BCUT2D eigenvalue weighted by atomic mass is 35.5. The molecule has 0 bridgehead atoms. The second-order valence-electron chi connectivity index (χ2n) is 32.5. The van der Waals surface area contributed by atoms with Crippen LogP contribution in [0, 0.1) is 32.5 Å². The Bertz CT molecular complexity index is 5190. The highest BCUT2D eigenvalue weighted by molar-refractivity contribution is 5.99. The number of hydrogen-bond donors (Lipinski definition) is 7. The number of amides is 1. The van der Waals surface area contributed by atoms with Crippen LogP contribution in [-0.4, -0.2) is 115 Å². The quantitative estimate of drug-likeness (QED) is 0.0292. The van der Waals surface area contributed by atoms with Crippen molar-refractivity contribution < 1.29 is 103 Å². The summed E-state index contributed by atoms with van der Waals surface area (Å²) in [5.74, 6) is -3.95. The fraction of sp³-hybridized carbons (Fsp3) is 0.318. The molecule has 0 unspecified atom stereocenters. The number of halogens is 2. The van der Waals surface area contributed by atoms with Crippen LogP contribution in [0.4, 0.5) is 0 Å². The average Bonchev–Trinajstić information content (AvgIpc) is 0.976. The van der Waals surface area contributed by atoms with E-state index in [9.17, 15) is 58.2 Å². The first-order chi connectivity index (χ1) is 55.6. The second-order valence-corrected chi connectivity index (χ2v) is 32.5. The van der Waals surface area contributed by atoms with Crippen LogP contribution in [0.5, 0.6) is 46.0 Å². The monoisotopic (exact) mass is 1710 g/mol. The zero-order valence-corrected chi connectivity index (χ0v) is 72.0. The van der Waals surface area contributed by atoms with Crippen LogP contribution in [0.1, 0.15) is 190 Å². The molecule has 6 aromatic carbocycles. The number of nitrogens with one attached hydrogen (secondary N) is 3. The minimum atomic E-state index is -1.24. The van der Waals surface area contributed by atoms with E-state index in [4.69, 9.17) is 48.7 Å². The number of benzene rings is 6. The Hall–Kier alpha value is -13.3. The normalized spacial score (nSPS) is 11.0. The summed E-state index contributed by atoms with van der Waals surface area (Å²) in [6.07, 6.45) is 6.67. The summed E-state index contributed by atoms with van der Waals surface area (Å²) in [5.41, 5.74) is 4.27. The van der Waals surface area contributed by atoms with Gasteiger partial charge >= 0.3 is 53.7 Å². The molecule has 0 radical (unpaired) electrons. The van der Waals surface area contributed by atoms with Gasteiger partial charge in [-0.15, -0.1) is 24.8 Å². The number of nitrogens with zero attached hydrogens (tertiary/aromatic N) is 6. The zero-order chi connectivity index (χ0) is 88.4. The number of pyridine rings is 2. The largest absolute Gasteiger partial charge is 0.508 e. The maximum atomic E-state index is 13.0. The molecule has 0 aliphatic heterocycles. The number of aromatic hydroxyl groups is 2. The number of ether oxygens (including phenoxy) is 8. The number of nitrogens with two attached hydrogens (primary N) is 1. The Morgan fingerprint density at radius 3 is 1.07 bits per heavy atom. The number of carboxylic acids is 1. The number of rotatable bonds is 19. The van der Waals surface area contributed by atoms with Crippen LogP contribution >= 0.6 is 24.8 Å². The van der Waals surface area contributed by atoms with Crippen molar-refractivity contribution >= 4 is 84.4 Å². The number of carbonyl (C=O) groups excluding carboxylic acids is 9. The van der Waals surface area contributed by atoms with Crippen molar-refractivity contribution in [2.24, 2.45) is 38.2 Å². The van der Waals surface area contributed by atoms with E-state index in [-0.39, 0.29) is 114 Å². The van der Waals surface area contributed by atoms with E-state index in [1.165, 1.54) is 66.7 Å². The zero-order valence-electron chi connectivity index (χ0n) is 70.4. The van der Waals surface area contributed by atoms with E-state index in [0.29, 0.717) is 29.8 Å². The standard InChI is InChI=1S/C25H29N5O5.C24H28O6.C17H22O6.C14H12O4.C8H9N5.2ClH.H2/c1-24(2,3)22(32)34-16-7-8-17(18(13-16)35-23(33)25(4,5)6)21(31)27-14-19-28-20(30-29-19)15-9-11-26-12-10-15;1-23(2,3)21(26)29-17-12-13-18(19(14-17)30-22(27)24(4,5)6)20(25)28-15-16-10-8-7-9-11-16;1-16(2,3)14(20)22-10-7-8-11(13(18)19)12(9-10)23-15(21)17(4,5)6;15-11-6-7-12(13(16)8-11)14(17)18-9-10-4-2-1-3-5-10;9-5-7-11-8(13-12-7)6-1-3-10-4-2-6;;;/h7-13H,14H2,1-6H3,(H,27,31)(H,28,29,30);7-14H,15H2,1-6H3;7-9H,1-6H3,(H,18,19);1-8,15-16H,9H2;1-4H,5,9H2,(H,11,12,13);3*1H. The Balaban J connectivity index is 0.000000405. The number of phenolic OH excluding ortho intramolecular Hbond substituents is 2. The lowest BCUT2D eigenvalue weighted by atomic mass is 9.97. The fourth-order valence-electron chi connectivity index (χ4n) is 8.60. The lowest BCUT2D eigenvalue weighted by Crippen LogP contribution is -2.29. The number of carbonyl (C=O) groups is 10. The Morgan fingerprint density at radius 2 is 0.719 bits per heavy atom. The van der Waals surface area contributed by atoms with Crippen molar-refractivity contribution in [2.75, 3.05) is 0 Å². The molecule has 121 heavy (non-hydrogen) atoms. The predicted molar refractivity (Wildman–Crippen MR) is 453 cm³/mol. The maximum absolute atomic E-state index is 13.0. The van der Waals surface area contributed by atoms with Gasteiger partial charge in [0.2, 0.25) is 0 Å². The highest BCUT2D eigenvalue weighted by Gasteiger charge is 2.33. The first kappa shape index (κ1) is 100. The molecule has 0 spiro atoms. The van der Waals surface area contributed by atoms with Crippen LogP contribution in [0.25, 0.3) is 22.8 Å². The Kier molecular flexibility index (Phi) is 36.8. The number of phenols is 2. The van der Waals surface area contributed by atoms with Gasteiger partial charge in [-0.3, -0.25) is 53.7 Å². The van der Waals surface area contributed by atoms with Crippen molar-refractivity contribution in [3.05, 3.63) is 228 Å². The highest BCUT2D eigenvalue weighted by Crippen LogP contribution is 2.34. The molecule has 0 fully saturated rings. The summed E-state index contributed by atoms with van der Waals surface area (Å²) < 4.78 is 42.5. The smallest absolute Gasteiger partial charge is 0.342 e. The lowest BCUT2D eigenvalue weighted by Gasteiger charge is -2.20. The molecular weight excluding hydrogens is 1600 g/mol. The van der Waals surface area contributed by atoms with Gasteiger partial charge in [-0.1, -0.05) is 60.7 Å². The van der Waals surface area contributed by atoms with E-state index in [0.717, 1.165) is 28.3 Å². The third kappa shape index (κ3) is 32.5. The summed E-state index contributed by atoms with van der Waals surface area (Å²) in [4.78, 5) is 138. The van der Waals surface area contributed by atoms with Gasteiger partial charge in [0.05, 0.1) is 51.1 Å². The molecule has 0 saturated heterocycles. The Morgan fingerprint density at radius 1 is 0.397 bits per heavy atom. The summed E-state index contributed by atoms with van der Waals surface area (Å²) in [6, 6.07) is 41.8. The van der Waals surface area contributed by atoms with Gasteiger partial charge in [0.15, 0.2) is 11.6 Å². The van der Waals surface area contributed by atoms with Crippen molar-refractivity contribution in [3.8, 4) is 68.8 Å². The van der Waals surface area contributed by atoms with Gasteiger partial charge in [-0.25, -0.2) is 24.4 Å². The minimum Gasteiger partial charge on any atom is -0.508 e. The van der Waals surface area contributed by atoms with Crippen molar-refractivity contribution in [1.29, 1.82) is 0 Å². The molecule has 31 nitrogen and oxygen atoms in total. The molecule has 0 aliphatic carbocycles. The predicted octanol–water partition coefficient (Wildman–Crippen LogP) is 15.8. The van der Waals surface area contributed by atoms with Gasteiger partial charge in [-0.05, 0) is 209 Å². The number of aromatic nitrogens is 8. The van der Waals surface area contributed by atoms with E-state index in [1.807, 2.05) is 72.8 Å². The molecule has 0 atom stereocenters. The van der Waals surface area contributed by atoms with Crippen LogP contribution in [-0.2, 0) is 64.5 Å². The first-order valence-electron chi connectivity index (χ1n) is 37.2. The van der Waals surface area contributed by atoms with E-state index >= 15 is 0 Å². The van der Waals surface area contributed by atoms with Crippen molar-refractivity contribution in [2.45, 2.75) is 151 Å². The fourth-order valence-corrected chi connectivity index (χ4v) is 8.60. The number of aromatic carboxylic acids is 1. The molecule has 4 aromatic heterocycles. The van der Waals surface area contributed by atoms with Crippen LogP contribution in [0.3, 0.4) is 0 Å². The van der Waals surface area contributed by atoms with Crippen molar-refractivity contribution in [1.82, 2.24) is 45.6 Å². The van der Waals surface area contributed by atoms with E-state index < -0.39 is 92.1 Å². The molecule has 0 aliphatic rings. The molecular formula is C88H104Cl2N10O21. The summed E-state index contributed by atoms with van der Waals surface area (Å²) in [6.45, 7) is 31.2. The number of aromatic amines is 2. The summed E-state index contributed by atoms with van der Waals surface area (Å²) in [5, 5.41) is 44.2. The minimum absolute atomic E-state index is 0. The number of esters is 8. The third-order valence-corrected chi connectivity index (χ3v) is 15.6. The summed E-state index contributed by atoms with van der Waals surface area (Å²) in [7, 11) is 0. The number of hydrogen-bond acceptors (Lipinski definition) is 27. The number of H-pyrrole nitrogens is 2. The molecule has 646 valence electrons. The number of carboxylic acid groups (broad SMARTS) is 1. The Labute approximate surface area is 714 Å². The van der Waals surface area contributed by atoms with E-state index in [1.54, 1.807) is 162 Å². The van der Waals surface area contributed by atoms with Gasteiger partial charge in [0.1, 0.15) is 87.5 Å². The van der Waals surface area contributed by atoms with Crippen LogP contribution in [0.2, 0.25) is 0 Å². The SMILES string of the molecule is CC(C)(C)C(=O)Oc1ccc(C(=O)NCc2nc(-c3ccncc3)n[nH]2)c(OC(=O)C(C)(C)C)c1.CC(C)(C)C(=O)Oc1ccc(C(=O)O)c(OC(=O)C(C)(C)C)c1.CC(C)(C)C(=O)Oc1ccc(C(=O)OCc2ccccc2)c(OC(=O)C(C)(C)C)c1.Cl.Cl.NCc1nc(-c2ccncc2)n[nH]1.O=C(OCc1ccccc1)c1ccc(O)cc1O.[HH]. The van der Waals surface area contributed by atoms with Crippen LogP contribution < -0.4 is 39.5 Å². The average molecular weight is 1710 g/mol. The first-order valence-corrected chi connectivity index (χ1v) is 37.2. The molecule has 10 aromatic rings. The van der Waals surface area contributed by atoms with Gasteiger partial charge in [-0.2, -0.15) is 10.2 Å². The summed E-state index contributed by atoms with van der Waals surface area (Å²) >= 11 is 0. The van der Waals surface area contributed by atoms with Gasteiger partial charge in [0, 0.05) is 61.6 Å². The maximum Gasteiger partial charge on any atom is 0.342 e. The lowest BCUT2D eigenvalue weighted by molar-refractivity contribution is -0.144. The van der Waals surface area contributed by atoms with Crippen LogP contribution in [0.15, 0.2) is 183 Å². The molecule has 10 rings (SSSR count). The molecule has 0 saturated carbocycles.